The predicted molar refractivity (Wildman–Crippen MR) is 67.3 cm³/mol. The highest BCUT2D eigenvalue weighted by atomic mass is 32.1. The minimum absolute atomic E-state index is 0.644. The molecule has 0 aliphatic heterocycles. The van der Waals surface area contributed by atoms with E-state index in [0.717, 1.165) is 11.3 Å². The third kappa shape index (κ3) is 2.17. The lowest BCUT2D eigenvalue weighted by molar-refractivity contribution is 0.480. The van der Waals surface area contributed by atoms with E-state index >= 15 is 0 Å². The Kier molecular flexibility index (Phi) is 2.83. The SMILES string of the molecule is Cc1ccc(Oc2nc(C)c(C)s2)c(N)c1. The van der Waals surface area contributed by atoms with E-state index in [-0.39, 0.29) is 0 Å². The maximum Gasteiger partial charge on any atom is 0.279 e. The van der Waals surface area contributed by atoms with Gasteiger partial charge in [0, 0.05) is 4.88 Å². The molecule has 2 N–H and O–H groups in total. The Labute approximate surface area is 98.9 Å². The van der Waals surface area contributed by atoms with E-state index in [4.69, 9.17) is 10.5 Å². The molecule has 0 aliphatic rings. The van der Waals surface area contributed by atoms with Gasteiger partial charge < -0.3 is 10.5 Å². The van der Waals surface area contributed by atoms with Crippen LogP contribution >= 0.6 is 11.3 Å². The quantitative estimate of drug-likeness (QED) is 0.810. The van der Waals surface area contributed by atoms with Crippen LogP contribution in [0.5, 0.6) is 10.9 Å². The number of rotatable bonds is 2. The van der Waals surface area contributed by atoms with Crippen molar-refractivity contribution in [3.8, 4) is 10.9 Å². The maximum atomic E-state index is 5.87. The van der Waals surface area contributed by atoms with Crippen LogP contribution in [0.1, 0.15) is 16.1 Å². The van der Waals surface area contributed by atoms with Gasteiger partial charge in [0.05, 0.1) is 11.4 Å². The lowest BCUT2D eigenvalue weighted by Crippen LogP contribution is -1.92. The van der Waals surface area contributed by atoms with Crippen molar-refractivity contribution in [2.45, 2.75) is 20.8 Å². The fraction of sp³-hybridized carbons (Fsp3) is 0.250. The number of thiazole rings is 1. The maximum absolute atomic E-state index is 5.87. The smallest absolute Gasteiger partial charge is 0.279 e. The number of nitrogens with zero attached hydrogens (tertiary/aromatic N) is 1. The molecule has 0 saturated carbocycles. The fourth-order valence-corrected chi connectivity index (χ4v) is 2.11. The van der Waals surface area contributed by atoms with Gasteiger partial charge in [0.2, 0.25) is 0 Å². The monoisotopic (exact) mass is 234 g/mol. The number of hydrogen-bond acceptors (Lipinski definition) is 4. The number of benzene rings is 1. The third-order valence-electron chi connectivity index (χ3n) is 2.37. The van der Waals surface area contributed by atoms with Crippen LogP contribution in [0, 0.1) is 20.8 Å². The Balaban J connectivity index is 2.27. The summed E-state index contributed by atoms with van der Waals surface area (Å²) in [6.45, 7) is 5.99. The average molecular weight is 234 g/mol. The van der Waals surface area contributed by atoms with E-state index in [0.29, 0.717) is 16.6 Å². The van der Waals surface area contributed by atoms with Gasteiger partial charge in [0.1, 0.15) is 0 Å². The first-order valence-electron chi connectivity index (χ1n) is 5.04. The van der Waals surface area contributed by atoms with Crippen LogP contribution in [-0.2, 0) is 0 Å². The molecule has 2 aromatic rings. The second kappa shape index (κ2) is 4.14. The van der Waals surface area contributed by atoms with Crippen molar-refractivity contribution in [3.63, 3.8) is 0 Å². The van der Waals surface area contributed by atoms with Gasteiger partial charge in [0.25, 0.3) is 5.19 Å². The van der Waals surface area contributed by atoms with Gasteiger partial charge in [-0.1, -0.05) is 17.4 Å². The summed E-state index contributed by atoms with van der Waals surface area (Å²) in [5, 5.41) is 0.644. The molecule has 0 saturated heterocycles. The topological polar surface area (TPSA) is 48.1 Å². The van der Waals surface area contributed by atoms with Crippen LogP contribution in [0.2, 0.25) is 0 Å². The van der Waals surface area contributed by atoms with Crippen molar-refractivity contribution in [1.82, 2.24) is 4.98 Å². The van der Waals surface area contributed by atoms with Crippen LogP contribution in [0.25, 0.3) is 0 Å². The first-order valence-corrected chi connectivity index (χ1v) is 5.86. The van der Waals surface area contributed by atoms with E-state index in [1.54, 1.807) is 0 Å². The van der Waals surface area contributed by atoms with Crippen molar-refractivity contribution in [1.29, 1.82) is 0 Å². The molecule has 16 heavy (non-hydrogen) atoms. The van der Waals surface area contributed by atoms with Crippen LogP contribution in [0.15, 0.2) is 18.2 Å². The second-order valence-electron chi connectivity index (χ2n) is 3.76. The first-order chi connectivity index (χ1) is 7.56. The highest BCUT2D eigenvalue weighted by Gasteiger charge is 2.07. The summed E-state index contributed by atoms with van der Waals surface area (Å²) >= 11 is 1.53. The Bertz CT molecular complexity index is 500. The summed E-state index contributed by atoms with van der Waals surface area (Å²) < 4.78 is 5.65. The van der Waals surface area contributed by atoms with Crippen molar-refractivity contribution in [3.05, 3.63) is 34.3 Å². The van der Waals surface area contributed by atoms with E-state index in [2.05, 4.69) is 4.98 Å². The van der Waals surface area contributed by atoms with Gasteiger partial charge in [-0.2, -0.15) is 0 Å². The highest BCUT2D eigenvalue weighted by molar-refractivity contribution is 7.13. The normalized spacial score (nSPS) is 10.4. The molecule has 0 spiro atoms. The first kappa shape index (κ1) is 11.0. The van der Waals surface area contributed by atoms with E-state index < -0.39 is 0 Å². The molecular formula is C12H14N2OS. The van der Waals surface area contributed by atoms with Gasteiger partial charge in [-0.3, -0.25) is 0 Å². The molecule has 84 valence electrons. The lowest BCUT2D eigenvalue weighted by Gasteiger charge is -2.05. The highest BCUT2D eigenvalue weighted by Crippen LogP contribution is 2.31. The Morgan fingerprint density at radius 3 is 2.56 bits per heavy atom. The summed E-state index contributed by atoms with van der Waals surface area (Å²) in [6.07, 6.45) is 0. The summed E-state index contributed by atoms with van der Waals surface area (Å²) in [5.74, 6) is 0.666. The minimum atomic E-state index is 0.644. The molecule has 0 bridgehead atoms. The van der Waals surface area contributed by atoms with Gasteiger partial charge in [0.15, 0.2) is 5.75 Å². The largest absolute Gasteiger partial charge is 0.429 e. The average Bonchev–Trinajstić information content (AvgIpc) is 2.51. The molecule has 0 amide bonds. The van der Waals surface area contributed by atoms with Gasteiger partial charge in [-0.15, -0.1) is 0 Å². The number of aryl methyl sites for hydroxylation is 3. The molecule has 1 aromatic heterocycles. The van der Waals surface area contributed by atoms with Crippen LogP contribution in [-0.4, -0.2) is 4.98 Å². The van der Waals surface area contributed by atoms with Gasteiger partial charge in [-0.25, -0.2) is 4.98 Å². The van der Waals surface area contributed by atoms with Gasteiger partial charge >= 0.3 is 0 Å². The Morgan fingerprint density at radius 1 is 1.25 bits per heavy atom. The summed E-state index contributed by atoms with van der Waals surface area (Å²) in [4.78, 5) is 5.48. The zero-order chi connectivity index (χ0) is 11.7. The molecule has 0 radical (unpaired) electrons. The van der Waals surface area contributed by atoms with Crippen LogP contribution < -0.4 is 10.5 Å². The zero-order valence-corrected chi connectivity index (χ0v) is 10.4. The van der Waals surface area contributed by atoms with Crippen LogP contribution in [0.3, 0.4) is 0 Å². The number of hydrogen-bond donors (Lipinski definition) is 1. The molecule has 0 atom stereocenters. The molecule has 2 rings (SSSR count). The molecule has 4 heteroatoms. The Morgan fingerprint density at radius 2 is 2.00 bits per heavy atom. The van der Waals surface area contributed by atoms with Crippen LogP contribution in [0.4, 0.5) is 5.69 Å². The molecule has 0 aliphatic carbocycles. The Hall–Kier alpha value is -1.55. The third-order valence-corrected chi connectivity index (χ3v) is 3.32. The van der Waals surface area contributed by atoms with Crippen molar-refractivity contribution >= 4 is 17.0 Å². The summed E-state index contributed by atoms with van der Waals surface area (Å²) in [5.41, 5.74) is 8.64. The van der Waals surface area contributed by atoms with Gasteiger partial charge in [-0.05, 0) is 38.5 Å². The number of nitrogen functional groups attached to an aromatic ring is 1. The standard InChI is InChI=1S/C12H14N2OS/c1-7-4-5-11(10(13)6-7)15-12-14-8(2)9(3)16-12/h4-6H,13H2,1-3H3. The summed E-state index contributed by atoms with van der Waals surface area (Å²) in [7, 11) is 0. The van der Waals surface area contributed by atoms with E-state index in [1.807, 2.05) is 39.0 Å². The molecule has 3 nitrogen and oxygen atoms in total. The molecule has 0 fully saturated rings. The van der Waals surface area contributed by atoms with Crippen molar-refractivity contribution in [2.24, 2.45) is 0 Å². The van der Waals surface area contributed by atoms with Crippen molar-refractivity contribution in [2.75, 3.05) is 5.73 Å². The fourth-order valence-electron chi connectivity index (χ4n) is 1.34. The second-order valence-corrected chi connectivity index (χ2v) is 4.93. The lowest BCUT2D eigenvalue weighted by atomic mass is 10.2. The molecular weight excluding hydrogens is 220 g/mol. The predicted octanol–water partition coefficient (Wildman–Crippen LogP) is 3.44. The van der Waals surface area contributed by atoms with E-state index in [1.165, 1.54) is 16.2 Å². The number of ether oxygens (including phenoxy) is 1. The number of nitrogens with two attached hydrogens (primary N) is 1. The number of anilines is 1. The molecule has 0 unspecified atom stereocenters. The van der Waals surface area contributed by atoms with Crippen molar-refractivity contribution < 1.29 is 4.74 Å². The minimum Gasteiger partial charge on any atom is -0.429 e. The molecule has 1 heterocycles. The zero-order valence-electron chi connectivity index (χ0n) is 9.57. The molecule has 1 aromatic carbocycles. The van der Waals surface area contributed by atoms with E-state index in [9.17, 15) is 0 Å². The number of aromatic nitrogens is 1. The summed E-state index contributed by atoms with van der Waals surface area (Å²) in [6, 6.07) is 5.73.